The second-order valence-corrected chi connectivity index (χ2v) is 4.18. The predicted molar refractivity (Wildman–Crippen MR) is 65.9 cm³/mol. The third-order valence-corrected chi connectivity index (χ3v) is 2.47. The Balaban J connectivity index is 2.98. The van der Waals surface area contributed by atoms with Crippen LogP contribution in [-0.4, -0.2) is 23.2 Å². The summed E-state index contributed by atoms with van der Waals surface area (Å²) in [6.07, 6.45) is -5.34. The Bertz CT molecular complexity index is 612. The fourth-order valence-electron chi connectivity index (χ4n) is 1.35. The van der Waals surface area contributed by atoms with Gasteiger partial charge in [0.25, 0.3) is 5.56 Å². The van der Waals surface area contributed by atoms with E-state index >= 15 is 0 Å². The van der Waals surface area contributed by atoms with Crippen molar-refractivity contribution in [1.82, 2.24) is 9.88 Å². The highest BCUT2D eigenvalue weighted by molar-refractivity contribution is 6.30. The molecule has 6 nitrogen and oxygen atoms in total. The van der Waals surface area contributed by atoms with Crippen molar-refractivity contribution in [3.63, 3.8) is 0 Å². The molecule has 0 unspecified atom stereocenters. The van der Waals surface area contributed by atoms with Gasteiger partial charge in [0.1, 0.15) is 11.6 Å². The predicted octanol–water partition coefficient (Wildman–Crippen LogP) is 1.79. The summed E-state index contributed by atoms with van der Waals surface area (Å²) in [4.78, 5) is 34.0. The molecule has 0 atom stereocenters. The van der Waals surface area contributed by atoms with Crippen molar-refractivity contribution in [2.45, 2.75) is 19.6 Å². The SMILES string of the molecule is CCOC(=O)NC(=O)Cn1cc(C(F)(F)F)cc(Cl)c1=O. The van der Waals surface area contributed by atoms with Gasteiger partial charge in [-0.3, -0.25) is 14.9 Å². The monoisotopic (exact) mass is 326 g/mol. The van der Waals surface area contributed by atoms with Crippen LogP contribution in [0, 0.1) is 0 Å². The molecule has 0 aliphatic heterocycles. The molecule has 1 aromatic rings. The number of imide groups is 1. The molecule has 0 aliphatic rings. The Morgan fingerprint density at radius 1 is 1.43 bits per heavy atom. The minimum absolute atomic E-state index is 0.00838. The third-order valence-electron chi connectivity index (χ3n) is 2.20. The lowest BCUT2D eigenvalue weighted by Gasteiger charge is -2.11. The Morgan fingerprint density at radius 2 is 2.05 bits per heavy atom. The molecule has 1 rings (SSSR count). The Kier molecular flexibility index (Phi) is 5.36. The lowest BCUT2D eigenvalue weighted by molar-refractivity contribution is -0.138. The van der Waals surface area contributed by atoms with E-state index in [1.54, 1.807) is 5.32 Å². The molecular formula is C11H10ClF3N2O4. The van der Waals surface area contributed by atoms with E-state index in [1.165, 1.54) is 6.92 Å². The molecule has 1 aromatic heterocycles. The number of aromatic nitrogens is 1. The highest BCUT2D eigenvalue weighted by Crippen LogP contribution is 2.29. The minimum Gasteiger partial charge on any atom is -0.450 e. The number of alkyl halides is 3. The molecule has 2 amide bonds. The van der Waals surface area contributed by atoms with Crippen LogP contribution in [0.25, 0.3) is 0 Å². The van der Waals surface area contributed by atoms with Gasteiger partial charge < -0.3 is 9.30 Å². The van der Waals surface area contributed by atoms with Crippen molar-refractivity contribution in [2.75, 3.05) is 6.61 Å². The number of halogens is 4. The summed E-state index contributed by atoms with van der Waals surface area (Å²) in [6, 6.07) is 0.462. The van der Waals surface area contributed by atoms with E-state index in [-0.39, 0.29) is 6.61 Å². The first-order chi connectivity index (χ1) is 9.65. The van der Waals surface area contributed by atoms with Gasteiger partial charge in [-0.1, -0.05) is 11.6 Å². The van der Waals surface area contributed by atoms with E-state index in [0.29, 0.717) is 16.8 Å². The first-order valence-electron chi connectivity index (χ1n) is 5.59. The maximum absolute atomic E-state index is 12.6. The molecule has 21 heavy (non-hydrogen) atoms. The van der Waals surface area contributed by atoms with Crippen LogP contribution >= 0.6 is 11.6 Å². The highest BCUT2D eigenvalue weighted by Gasteiger charge is 2.32. The second-order valence-electron chi connectivity index (χ2n) is 3.78. The molecule has 0 radical (unpaired) electrons. The van der Waals surface area contributed by atoms with Crippen LogP contribution in [0.15, 0.2) is 17.1 Å². The molecule has 10 heteroatoms. The average Bonchev–Trinajstić information content (AvgIpc) is 2.33. The number of hydrogen-bond donors (Lipinski definition) is 1. The first-order valence-corrected chi connectivity index (χ1v) is 5.96. The minimum atomic E-state index is -4.73. The molecule has 0 bridgehead atoms. The van der Waals surface area contributed by atoms with Crippen molar-refractivity contribution < 1.29 is 27.5 Å². The van der Waals surface area contributed by atoms with Crippen LogP contribution in [0.4, 0.5) is 18.0 Å². The third kappa shape index (κ3) is 4.78. The van der Waals surface area contributed by atoms with Crippen LogP contribution in [0.3, 0.4) is 0 Å². The van der Waals surface area contributed by atoms with Gasteiger partial charge in [-0.15, -0.1) is 0 Å². The van der Waals surface area contributed by atoms with E-state index in [9.17, 15) is 27.6 Å². The number of ether oxygens (including phenoxy) is 1. The Morgan fingerprint density at radius 3 is 2.57 bits per heavy atom. The molecule has 0 saturated heterocycles. The topological polar surface area (TPSA) is 77.4 Å². The number of alkyl carbamates (subject to hydrolysis) is 1. The van der Waals surface area contributed by atoms with Gasteiger partial charge in [-0.2, -0.15) is 13.2 Å². The van der Waals surface area contributed by atoms with Gasteiger partial charge in [0, 0.05) is 6.20 Å². The van der Waals surface area contributed by atoms with Crippen LogP contribution in [0.1, 0.15) is 12.5 Å². The smallest absolute Gasteiger partial charge is 0.417 e. The van der Waals surface area contributed by atoms with Crippen molar-refractivity contribution in [2.24, 2.45) is 0 Å². The van der Waals surface area contributed by atoms with Gasteiger partial charge >= 0.3 is 12.3 Å². The zero-order valence-electron chi connectivity index (χ0n) is 10.7. The van der Waals surface area contributed by atoms with Crippen LogP contribution < -0.4 is 10.9 Å². The van der Waals surface area contributed by atoms with Crippen LogP contribution in [-0.2, 0) is 22.3 Å². The lowest BCUT2D eigenvalue weighted by Crippen LogP contribution is -2.36. The van der Waals surface area contributed by atoms with E-state index in [0.717, 1.165) is 0 Å². The number of nitrogens with zero attached hydrogens (tertiary/aromatic N) is 1. The van der Waals surface area contributed by atoms with Crippen LogP contribution in [0.2, 0.25) is 5.02 Å². The quantitative estimate of drug-likeness (QED) is 0.918. The number of pyridine rings is 1. The van der Waals surface area contributed by atoms with E-state index < -0.39 is 40.9 Å². The van der Waals surface area contributed by atoms with Crippen LogP contribution in [0.5, 0.6) is 0 Å². The summed E-state index contributed by atoms with van der Waals surface area (Å²) in [6.45, 7) is 0.705. The molecule has 0 aromatic carbocycles. The number of hydrogen-bond acceptors (Lipinski definition) is 4. The fraction of sp³-hybridized carbons (Fsp3) is 0.364. The van der Waals surface area contributed by atoms with Gasteiger partial charge in [0.05, 0.1) is 12.2 Å². The first kappa shape index (κ1) is 17.0. The molecule has 0 spiro atoms. The summed E-state index contributed by atoms with van der Waals surface area (Å²) in [5.41, 5.74) is -2.17. The summed E-state index contributed by atoms with van der Waals surface area (Å²) in [7, 11) is 0. The molecule has 1 N–H and O–H groups in total. The van der Waals surface area contributed by atoms with Crippen molar-refractivity contribution in [1.29, 1.82) is 0 Å². The highest BCUT2D eigenvalue weighted by atomic mass is 35.5. The fourth-order valence-corrected chi connectivity index (χ4v) is 1.57. The average molecular weight is 327 g/mol. The van der Waals surface area contributed by atoms with Gasteiger partial charge in [-0.25, -0.2) is 4.79 Å². The van der Waals surface area contributed by atoms with Crippen molar-refractivity contribution >= 4 is 23.6 Å². The number of carbonyl (C=O) groups excluding carboxylic acids is 2. The number of nitrogens with one attached hydrogen (secondary N) is 1. The molecular weight excluding hydrogens is 317 g/mol. The number of rotatable bonds is 3. The summed E-state index contributed by atoms with van der Waals surface area (Å²) < 4.78 is 42.6. The maximum atomic E-state index is 12.6. The van der Waals surface area contributed by atoms with Gasteiger partial charge in [0.2, 0.25) is 5.91 Å². The lowest BCUT2D eigenvalue weighted by atomic mass is 10.2. The molecule has 0 aliphatic carbocycles. The molecule has 0 saturated carbocycles. The normalized spacial score (nSPS) is 11.1. The maximum Gasteiger partial charge on any atom is 0.417 e. The summed E-state index contributed by atoms with van der Waals surface area (Å²) >= 11 is 5.41. The van der Waals surface area contributed by atoms with E-state index in [2.05, 4.69) is 4.74 Å². The van der Waals surface area contributed by atoms with E-state index in [4.69, 9.17) is 11.6 Å². The van der Waals surface area contributed by atoms with Crippen molar-refractivity contribution in [3.8, 4) is 0 Å². The number of amides is 2. The van der Waals surface area contributed by atoms with Crippen molar-refractivity contribution in [3.05, 3.63) is 33.2 Å². The molecule has 0 fully saturated rings. The van der Waals surface area contributed by atoms with E-state index in [1.807, 2.05) is 0 Å². The Labute approximate surface area is 121 Å². The largest absolute Gasteiger partial charge is 0.450 e. The summed E-state index contributed by atoms with van der Waals surface area (Å²) in [5.74, 6) is -1.01. The number of carbonyl (C=O) groups is 2. The zero-order chi connectivity index (χ0) is 16.2. The van der Waals surface area contributed by atoms with Gasteiger partial charge in [0.15, 0.2) is 0 Å². The Hall–Kier alpha value is -2.03. The molecule has 1 heterocycles. The summed E-state index contributed by atoms with van der Waals surface area (Å²) in [5, 5.41) is 1.06. The standard InChI is InChI=1S/C11H10ClF3N2O4/c1-2-21-10(20)16-8(18)5-17-4-6(11(13,14)15)3-7(12)9(17)19/h3-4H,2,5H2,1H3,(H,16,18,20). The zero-order valence-corrected chi connectivity index (χ0v) is 11.4. The second kappa shape index (κ2) is 6.61. The van der Waals surface area contributed by atoms with Gasteiger partial charge in [-0.05, 0) is 13.0 Å². The molecule has 116 valence electrons.